The van der Waals surface area contributed by atoms with E-state index in [1.165, 1.54) is 31.4 Å². The topological polar surface area (TPSA) is 67.9 Å². The maximum Gasteiger partial charge on any atom is 0.347 e. The zero-order valence-corrected chi connectivity index (χ0v) is 22.9. The van der Waals surface area contributed by atoms with Gasteiger partial charge in [-0.25, -0.2) is 9.18 Å². The summed E-state index contributed by atoms with van der Waals surface area (Å²) in [6.07, 6.45) is 4.83. The number of nitrogens with one attached hydrogen (secondary N) is 1. The lowest BCUT2D eigenvalue weighted by atomic mass is 9.93. The van der Waals surface area contributed by atoms with Gasteiger partial charge in [-0.3, -0.25) is 4.79 Å². The predicted molar refractivity (Wildman–Crippen MR) is 146 cm³/mol. The minimum atomic E-state index is -0.803. The number of hydrogen-bond donors (Lipinski definition) is 1. The van der Waals surface area contributed by atoms with Gasteiger partial charge < -0.3 is 19.7 Å². The van der Waals surface area contributed by atoms with Gasteiger partial charge in [0, 0.05) is 23.7 Å². The first-order valence-electron chi connectivity index (χ1n) is 13.2. The van der Waals surface area contributed by atoms with Crippen molar-refractivity contribution in [2.24, 2.45) is 5.92 Å². The van der Waals surface area contributed by atoms with Crippen LogP contribution in [0.2, 0.25) is 5.02 Å². The SMILES string of the molecule is CCOC(=O)C(C)Oc1ccc(N(CC(C)C)C2CCCCC2)c(NC(=O)Cc2ccc(Cl)cc2F)c1. The number of ether oxygens (including phenoxy) is 2. The Morgan fingerprint density at radius 3 is 2.49 bits per heavy atom. The molecule has 2 aromatic rings. The summed E-state index contributed by atoms with van der Waals surface area (Å²) in [7, 11) is 0. The molecular formula is C29H38ClFN2O4. The van der Waals surface area contributed by atoms with E-state index in [4.69, 9.17) is 21.1 Å². The molecule has 37 heavy (non-hydrogen) atoms. The fourth-order valence-electron chi connectivity index (χ4n) is 4.71. The first-order chi connectivity index (χ1) is 17.7. The average Bonchev–Trinajstić information content (AvgIpc) is 2.85. The molecule has 1 atom stereocenters. The van der Waals surface area contributed by atoms with E-state index in [1.807, 2.05) is 12.1 Å². The number of benzene rings is 2. The minimum Gasteiger partial charge on any atom is -0.479 e. The van der Waals surface area contributed by atoms with Crippen molar-refractivity contribution in [1.82, 2.24) is 0 Å². The van der Waals surface area contributed by atoms with Gasteiger partial charge in [-0.05, 0) is 62.4 Å². The fraction of sp³-hybridized carbons (Fsp3) is 0.517. The highest BCUT2D eigenvalue weighted by Gasteiger charge is 2.26. The number of rotatable bonds is 11. The Kier molecular flexibility index (Phi) is 10.6. The van der Waals surface area contributed by atoms with Crippen LogP contribution in [0.4, 0.5) is 15.8 Å². The van der Waals surface area contributed by atoms with Crippen LogP contribution in [0.15, 0.2) is 36.4 Å². The summed E-state index contributed by atoms with van der Waals surface area (Å²) in [6, 6.07) is 10.1. The molecule has 0 radical (unpaired) electrons. The van der Waals surface area contributed by atoms with E-state index in [-0.39, 0.29) is 29.5 Å². The summed E-state index contributed by atoms with van der Waals surface area (Å²) in [5.74, 6) is -0.490. The van der Waals surface area contributed by atoms with Crippen molar-refractivity contribution in [2.75, 3.05) is 23.4 Å². The number of carbonyl (C=O) groups excluding carboxylic acids is 2. The molecule has 0 saturated heterocycles. The number of esters is 1. The lowest BCUT2D eigenvalue weighted by Gasteiger charge is -2.38. The Hall–Kier alpha value is -2.80. The molecule has 202 valence electrons. The minimum absolute atomic E-state index is 0.139. The van der Waals surface area contributed by atoms with Gasteiger partial charge in [0.25, 0.3) is 0 Å². The van der Waals surface area contributed by atoms with Gasteiger partial charge >= 0.3 is 5.97 Å². The number of amides is 1. The van der Waals surface area contributed by atoms with Crippen LogP contribution in [0.3, 0.4) is 0 Å². The van der Waals surface area contributed by atoms with Crippen molar-refractivity contribution < 1.29 is 23.5 Å². The van der Waals surface area contributed by atoms with Crippen LogP contribution in [0.5, 0.6) is 5.75 Å². The second-order valence-corrected chi connectivity index (χ2v) is 10.4. The molecule has 1 fully saturated rings. The summed E-state index contributed by atoms with van der Waals surface area (Å²) in [5.41, 5.74) is 1.72. The Bertz CT molecular complexity index is 1070. The van der Waals surface area contributed by atoms with Gasteiger partial charge in [0.05, 0.1) is 24.4 Å². The highest BCUT2D eigenvalue weighted by atomic mass is 35.5. The van der Waals surface area contributed by atoms with Gasteiger partial charge in [-0.1, -0.05) is 50.8 Å². The average molecular weight is 533 g/mol. The molecule has 2 aromatic carbocycles. The smallest absolute Gasteiger partial charge is 0.347 e. The highest BCUT2D eigenvalue weighted by Crippen LogP contribution is 2.36. The van der Waals surface area contributed by atoms with Crippen molar-refractivity contribution in [3.05, 3.63) is 52.8 Å². The van der Waals surface area contributed by atoms with Crippen molar-refractivity contribution in [3.8, 4) is 5.75 Å². The van der Waals surface area contributed by atoms with Crippen molar-refractivity contribution in [3.63, 3.8) is 0 Å². The number of anilines is 2. The molecule has 3 rings (SSSR count). The Morgan fingerprint density at radius 1 is 1.11 bits per heavy atom. The Labute approximate surface area is 224 Å². The van der Waals surface area contributed by atoms with Crippen LogP contribution >= 0.6 is 11.6 Å². The van der Waals surface area contributed by atoms with Crippen LogP contribution in [-0.2, 0) is 20.7 Å². The van der Waals surface area contributed by atoms with Crippen molar-refractivity contribution in [1.29, 1.82) is 0 Å². The second-order valence-electron chi connectivity index (χ2n) is 9.99. The third-order valence-corrected chi connectivity index (χ3v) is 6.66. The molecule has 1 aliphatic carbocycles. The zero-order chi connectivity index (χ0) is 26.9. The molecule has 0 aliphatic heterocycles. The molecule has 0 bridgehead atoms. The number of nitrogens with zero attached hydrogens (tertiary/aromatic N) is 1. The molecule has 0 aromatic heterocycles. The van der Waals surface area contributed by atoms with Gasteiger partial charge in [0.1, 0.15) is 11.6 Å². The summed E-state index contributed by atoms with van der Waals surface area (Å²) >= 11 is 5.86. The lowest BCUT2D eigenvalue weighted by molar-refractivity contribution is -0.150. The largest absolute Gasteiger partial charge is 0.479 e. The van der Waals surface area contributed by atoms with Crippen LogP contribution < -0.4 is 15.0 Å². The predicted octanol–water partition coefficient (Wildman–Crippen LogP) is 6.79. The molecule has 1 N–H and O–H groups in total. The number of carbonyl (C=O) groups is 2. The van der Waals surface area contributed by atoms with Crippen LogP contribution in [-0.4, -0.2) is 37.2 Å². The number of halogens is 2. The van der Waals surface area contributed by atoms with E-state index < -0.39 is 17.9 Å². The zero-order valence-electron chi connectivity index (χ0n) is 22.2. The molecule has 6 nitrogen and oxygen atoms in total. The molecule has 0 spiro atoms. The van der Waals surface area contributed by atoms with Gasteiger partial charge in [0.15, 0.2) is 6.10 Å². The molecular weight excluding hydrogens is 495 g/mol. The molecule has 1 aliphatic rings. The summed E-state index contributed by atoms with van der Waals surface area (Å²) in [4.78, 5) is 27.6. The quantitative estimate of drug-likeness (QED) is 0.323. The van der Waals surface area contributed by atoms with E-state index >= 15 is 0 Å². The van der Waals surface area contributed by atoms with E-state index in [0.29, 0.717) is 23.4 Å². The van der Waals surface area contributed by atoms with E-state index in [9.17, 15) is 14.0 Å². The summed E-state index contributed by atoms with van der Waals surface area (Å²) in [6.45, 7) is 8.82. The second kappa shape index (κ2) is 13.7. The van der Waals surface area contributed by atoms with Crippen LogP contribution in [0, 0.1) is 11.7 Å². The third kappa shape index (κ3) is 8.35. The molecule has 1 saturated carbocycles. The Balaban J connectivity index is 1.92. The first kappa shape index (κ1) is 28.8. The summed E-state index contributed by atoms with van der Waals surface area (Å²) in [5, 5.41) is 3.26. The Morgan fingerprint density at radius 2 is 1.84 bits per heavy atom. The van der Waals surface area contributed by atoms with E-state index in [0.717, 1.165) is 25.1 Å². The van der Waals surface area contributed by atoms with Gasteiger partial charge in [-0.2, -0.15) is 0 Å². The van der Waals surface area contributed by atoms with Crippen LogP contribution in [0.1, 0.15) is 65.4 Å². The highest BCUT2D eigenvalue weighted by molar-refractivity contribution is 6.30. The molecule has 0 heterocycles. The van der Waals surface area contributed by atoms with Gasteiger partial charge in [0.2, 0.25) is 5.91 Å². The van der Waals surface area contributed by atoms with E-state index in [2.05, 4.69) is 24.1 Å². The molecule has 1 unspecified atom stereocenters. The summed E-state index contributed by atoms with van der Waals surface area (Å²) < 4.78 is 25.3. The normalized spacial score (nSPS) is 14.8. The fourth-order valence-corrected chi connectivity index (χ4v) is 4.87. The maximum atomic E-state index is 14.4. The standard InChI is InChI=1S/C29H38ClFN2O4/c1-5-36-29(35)20(4)37-24-13-14-27(33(18-19(2)3)23-9-7-6-8-10-23)26(17-24)32-28(34)15-21-11-12-22(30)16-25(21)31/h11-14,16-17,19-20,23H,5-10,15,18H2,1-4H3,(H,32,34). The first-order valence-corrected chi connectivity index (χ1v) is 13.5. The third-order valence-electron chi connectivity index (χ3n) is 6.43. The van der Waals surface area contributed by atoms with Gasteiger partial charge in [-0.15, -0.1) is 0 Å². The van der Waals surface area contributed by atoms with E-state index in [1.54, 1.807) is 26.0 Å². The lowest BCUT2D eigenvalue weighted by Crippen LogP contribution is -2.40. The van der Waals surface area contributed by atoms with Crippen LogP contribution in [0.25, 0.3) is 0 Å². The maximum absolute atomic E-state index is 14.4. The molecule has 8 heteroatoms. The van der Waals surface area contributed by atoms with Crippen molar-refractivity contribution in [2.45, 2.75) is 78.4 Å². The number of hydrogen-bond acceptors (Lipinski definition) is 5. The van der Waals surface area contributed by atoms with Crippen molar-refractivity contribution >= 4 is 34.9 Å². The molecule has 1 amide bonds. The monoisotopic (exact) mass is 532 g/mol.